The molecule has 1 heterocycles. The molecular weight excluding hydrogens is 325 g/mol. The lowest BCUT2D eigenvalue weighted by Gasteiger charge is -2.24. The van der Waals surface area contributed by atoms with Gasteiger partial charge in [-0.3, -0.25) is 0 Å². The van der Waals surface area contributed by atoms with Crippen LogP contribution in [-0.2, 0) is 10.9 Å². The van der Waals surface area contributed by atoms with E-state index in [4.69, 9.17) is 15.2 Å². The maximum atomic E-state index is 12.8. The molecule has 134 valence electrons. The third kappa shape index (κ3) is 4.94. The molecule has 0 saturated carbocycles. The van der Waals surface area contributed by atoms with Crippen molar-refractivity contribution >= 4 is 11.8 Å². The molecule has 8 heteroatoms. The van der Waals surface area contributed by atoms with Gasteiger partial charge in [0.2, 0.25) is 0 Å². The van der Waals surface area contributed by atoms with Gasteiger partial charge in [-0.2, -0.15) is 13.2 Å². The zero-order valence-corrected chi connectivity index (χ0v) is 13.8. The second kappa shape index (κ2) is 6.41. The standard InChI is InChI=1S/C16H21F3N2O3/c1-15(2,3)24-14(22)21-5-4-12(9-21)23-13-7-10(16(17,18)19)6-11(20)8-13/h6-8,12H,4-5,9,20H2,1-3H3. The molecule has 1 atom stereocenters. The number of anilines is 1. The number of likely N-dealkylation sites (tertiary alicyclic amines) is 1. The number of ether oxygens (including phenoxy) is 2. The van der Waals surface area contributed by atoms with E-state index in [1.807, 2.05) is 0 Å². The van der Waals surface area contributed by atoms with Crippen LogP contribution in [-0.4, -0.2) is 35.8 Å². The first-order valence-corrected chi connectivity index (χ1v) is 7.56. The van der Waals surface area contributed by atoms with Crippen LogP contribution in [0.15, 0.2) is 18.2 Å². The number of hydrogen-bond donors (Lipinski definition) is 1. The summed E-state index contributed by atoms with van der Waals surface area (Å²) in [5.41, 5.74) is 4.02. The Morgan fingerprint density at radius 3 is 2.50 bits per heavy atom. The zero-order chi connectivity index (χ0) is 18.1. The number of alkyl halides is 3. The average Bonchev–Trinajstić information content (AvgIpc) is 2.83. The molecule has 1 aromatic rings. The molecular formula is C16H21F3N2O3. The van der Waals surface area contributed by atoms with E-state index < -0.39 is 29.5 Å². The quantitative estimate of drug-likeness (QED) is 0.830. The Morgan fingerprint density at radius 1 is 1.25 bits per heavy atom. The van der Waals surface area contributed by atoms with Gasteiger partial charge in [-0.25, -0.2) is 4.79 Å². The van der Waals surface area contributed by atoms with E-state index >= 15 is 0 Å². The Balaban J connectivity index is 2.01. The minimum Gasteiger partial charge on any atom is -0.488 e. The predicted octanol–water partition coefficient (Wildman–Crippen LogP) is 3.68. The highest BCUT2D eigenvalue weighted by atomic mass is 19.4. The molecule has 1 amide bonds. The minimum absolute atomic E-state index is 0.0261. The molecule has 2 N–H and O–H groups in total. The van der Waals surface area contributed by atoms with Crippen molar-refractivity contribution in [3.8, 4) is 5.75 Å². The van der Waals surface area contributed by atoms with Crippen LogP contribution >= 0.6 is 0 Å². The number of benzene rings is 1. The summed E-state index contributed by atoms with van der Waals surface area (Å²) in [6.07, 6.45) is -4.85. The summed E-state index contributed by atoms with van der Waals surface area (Å²) in [6.45, 7) is 5.97. The van der Waals surface area contributed by atoms with Gasteiger partial charge in [-0.15, -0.1) is 0 Å². The molecule has 0 radical (unpaired) electrons. The number of amides is 1. The smallest absolute Gasteiger partial charge is 0.416 e. The third-order valence-corrected chi connectivity index (χ3v) is 3.36. The number of carbonyl (C=O) groups is 1. The predicted molar refractivity (Wildman–Crippen MR) is 82.7 cm³/mol. The van der Waals surface area contributed by atoms with Crippen LogP contribution in [0.4, 0.5) is 23.7 Å². The first-order chi connectivity index (χ1) is 10.9. The van der Waals surface area contributed by atoms with E-state index in [9.17, 15) is 18.0 Å². The van der Waals surface area contributed by atoms with Crippen molar-refractivity contribution < 1.29 is 27.4 Å². The fourth-order valence-corrected chi connectivity index (χ4v) is 2.36. The summed E-state index contributed by atoms with van der Waals surface area (Å²) in [5, 5.41) is 0. The molecule has 1 aliphatic heterocycles. The van der Waals surface area contributed by atoms with Crippen molar-refractivity contribution in [1.29, 1.82) is 0 Å². The van der Waals surface area contributed by atoms with Crippen LogP contribution in [0.2, 0.25) is 0 Å². The lowest BCUT2D eigenvalue weighted by Crippen LogP contribution is -2.36. The molecule has 24 heavy (non-hydrogen) atoms. The Labute approximate surface area is 138 Å². The molecule has 1 saturated heterocycles. The van der Waals surface area contributed by atoms with Crippen LogP contribution in [0.25, 0.3) is 0 Å². The topological polar surface area (TPSA) is 64.8 Å². The number of nitrogens with two attached hydrogens (primary N) is 1. The molecule has 1 aliphatic rings. The maximum absolute atomic E-state index is 12.8. The molecule has 2 rings (SSSR count). The van der Waals surface area contributed by atoms with Crippen LogP contribution in [0.3, 0.4) is 0 Å². The number of carbonyl (C=O) groups excluding carboxylic acids is 1. The Kier molecular flexibility index (Phi) is 4.87. The number of nitrogen functional groups attached to an aromatic ring is 1. The number of nitrogens with zero attached hydrogens (tertiary/aromatic N) is 1. The summed E-state index contributed by atoms with van der Waals surface area (Å²) in [5.74, 6) is 0.0402. The summed E-state index contributed by atoms with van der Waals surface area (Å²) >= 11 is 0. The van der Waals surface area contributed by atoms with Crippen molar-refractivity contribution in [3.05, 3.63) is 23.8 Å². The highest BCUT2D eigenvalue weighted by Crippen LogP contribution is 2.34. The van der Waals surface area contributed by atoms with Crippen molar-refractivity contribution in [2.75, 3.05) is 18.8 Å². The SMILES string of the molecule is CC(C)(C)OC(=O)N1CCC(Oc2cc(N)cc(C(F)(F)F)c2)C1. The largest absolute Gasteiger partial charge is 0.488 e. The van der Waals surface area contributed by atoms with E-state index in [-0.39, 0.29) is 18.0 Å². The van der Waals surface area contributed by atoms with Crippen LogP contribution in [0, 0.1) is 0 Å². The summed E-state index contributed by atoms with van der Waals surface area (Å²) in [6, 6.07) is 3.10. The highest BCUT2D eigenvalue weighted by Gasteiger charge is 2.33. The Morgan fingerprint density at radius 2 is 1.92 bits per heavy atom. The van der Waals surface area contributed by atoms with E-state index in [0.717, 1.165) is 12.1 Å². The van der Waals surface area contributed by atoms with E-state index in [0.29, 0.717) is 13.0 Å². The van der Waals surface area contributed by atoms with Gasteiger partial charge in [0.1, 0.15) is 17.5 Å². The van der Waals surface area contributed by atoms with Crippen LogP contribution in [0.1, 0.15) is 32.8 Å². The first-order valence-electron chi connectivity index (χ1n) is 7.56. The lowest BCUT2D eigenvalue weighted by atomic mass is 10.2. The first kappa shape index (κ1) is 18.2. The van der Waals surface area contributed by atoms with E-state index in [1.165, 1.54) is 11.0 Å². The Hall–Kier alpha value is -2.12. The maximum Gasteiger partial charge on any atom is 0.416 e. The van der Waals surface area contributed by atoms with Gasteiger partial charge in [0.25, 0.3) is 0 Å². The number of halogens is 3. The second-order valence-electron chi connectivity index (χ2n) is 6.74. The minimum atomic E-state index is -4.49. The molecule has 0 aromatic heterocycles. The summed E-state index contributed by atoms with van der Waals surface area (Å²) in [4.78, 5) is 13.5. The van der Waals surface area contributed by atoms with Crippen molar-refractivity contribution in [1.82, 2.24) is 4.90 Å². The van der Waals surface area contributed by atoms with E-state index in [1.54, 1.807) is 20.8 Å². The van der Waals surface area contributed by atoms with Crippen LogP contribution < -0.4 is 10.5 Å². The van der Waals surface area contributed by atoms with Gasteiger partial charge in [0.15, 0.2) is 0 Å². The number of rotatable bonds is 2. The molecule has 1 aromatic carbocycles. The van der Waals surface area contributed by atoms with Gasteiger partial charge in [-0.1, -0.05) is 0 Å². The summed E-state index contributed by atoms with van der Waals surface area (Å²) in [7, 11) is 0. The second-order valence-corrected chi connectivity index (χ2v) is 6.74. The Bertz CT molecular complexity index is 612. The molecule has 5 nitrogen and oxygen atoms in total. The fraction of sp³-hybridized carbons (Fsp3) is 0.562. The highest BCUT2D eigenvalue weighted by molar-refractivity contribution is 5.68. The molecule has 0 bridgehead atoms. The van der Waals surface area contributed by atoms with Crippen molar-refractivity contribution in [2.24, 2.45) is 0 Å². The summed E-state index contributed by atoms with van der Waals surface area (Å²) < 4.78 is 49.3. The van der Waals surface area contributed by atoms with Gasteiger partial charge >= 0.3 is 12.3 Å². The van der Waals surface area contributed by atoms with E-state index in [2.05, 4.69) is 0 Å². The zero-order valence-electron chi connectivity index (χ0n) is 13.8. The molecule has 1 fully saturated rings. The fourth-order valence-electron chi connectivity index (χ4n) is 2.36. The number of hydrogen-bond acceptors (Lipinski definition) is 4. The monoisotopic (exact) mass is 346 g/mol. The van der Waals surface area contributed by atoms with Gasteiger partial charge < -0.3 is 20.1 Å². The third-order valence-electron chi connectivity index (χ3n) is 3.36. The van der Waals surface area contributed by atoms with Gasteiger partial charge in [-0.05, 0) is 32.9 Å². The molecule has 0 spiro atoms. The van der Waals surface area contributed by atoms with Crippen LogP contribution in [0.5, 0.6) is 5.75 Å². The van der Waals surface area contributed by atoms with Gasteiger partial charge in [0, 0.05) is 24.7 Å². The van der Waals surface area contributed by atoms with Crippen molar-refractivity contribution in [2.45, 2.75) is 45.1 Å². The molecule has 1 unspecified atom stereocenters. The van der Waals surface area contributed by atoms with Crippen molar-refractivity contribution in [3.63, 3.8) is 0 Å². The lowest BCUT2D eigenvalue weighted by molar-refractivity contribution is -0.137. The molecule has 0 aliphatic carbocycles. The average molecular weight is 346 g/mol. The van der Waals surface area contributed by atoms with Gasteiger partial charge in [0.05, 0.1) is 12.1 Å². The normalized spacial score (nSPS) is 18.6.